The predicted octanol–water partition coefficient (Wildman–Crippen LogP) is 2.91. The molecule has 1 aromatic carbocycles. The highest BCUT2D eigenvalue weighted by atomic mass is 35.5. The maximum absolute atomic E-state index is 11.2. The van der Waals surface area contributed by atoms with Crippen LogP contribution in [0, 0.1) is 12.3 Å². The molecule has 1 rings (SSSR count). The van der Waals surface area contributed by atoms with E-state index >= 15 is 0 Å². The van der Waals surface area contributed by atoms with Gasteiger partial charge < -0.3 is 4.90 Å². The van der Waals surface area contributed by atoms with E-state index in [9.17, 15) is 4.79 Å². The van der Waals surface area contributed by atoms with Gasteiger partial charge in [-0.15, -0.1) is 6.42 Å². The fourth-order valence-electron chi connectivity index (χ4n) is 1.56. The second-order valence-electron chi connectivity index (χ2n) is 3.62. The summed E-state index contributed by atoms with van der Waals surface area (Å²) in [4.78, 5) is 12.6. The van der Waals surface area contributed by atoms with Crippen LogP contribution < -0.4 is 0 Å². The molecule has 0 aliphatic heterocycles. The Morgan fingerprint density at radius 1 is 1.50 bits per heavy atom. The summed E-state index contributed by atoms with van der Waals surface area (Å²) in [6, 6.07) is 9.93. The maximum Gasteiger partial charge on any atom is 0.317 e. The summed E-state index contributed by atoms with van der Waals surface area (Å²) in [6.45, 7) is 2.18. The summed E-state index contributed by atoms with van der Waals surface area (Å²) >= 11 is 5.48. The van der Waals surface area contributed by atoms with E-state index in [2.05, 4.69) is 5.92 Å². The van der Waals surface area contributed by atoms with Crippen molar-refractivity contribution in [2.45, 2.75) is 19.4 Å². The molecule has 1 aromatic rings. The maximum atomic E-state index is 11.2. The van der Waals surface area contributed by atoms with Crippen LogP contribution in [0.1, 0.15) is 12.5 Å². The van der Waals surface area contributed by atoms with E-state index in [1.54, 1.807) is 0 Å². The lowest BCUT2D eigenvalue weighted by Gasteiger charge is -2.24. The molecule has 0 spiro atoms. The molecule has 2 nitrogen and oxygen atoms in total. The van der Waals surface area contributed by atoms with Crippen molar-refractivity contribution < 1.29 is 4.79 Å². The van der Waals surface area contributed by atoms with Crippen molar-refractivity contribution in [3.63, 3.8) is 0 Å². The Labute approximate surface area is 101 Å². The Morgan fingerprint density at radius 3 is 2.62 bits per heavy atom. The Morgan fingerprint density at radius 2 is 2.12 bits per heavy atom. The molecule has 0 radical (unpaired) electrons. The highest BCUT2D eigenvalue weighted by Crippen LogP contribution is 2.10. The third kappa shape index (κ3) is 3.60. The van der Waals surface area contributed by atoms with Crippen LogP contribution in [0.4, 0.5) is 4.79 Å². The van der Waals surface area contributed by atoms with Crippen molar-refractivity contribution >= 4 is 17.0 Å². The molecule has 0 aromatic heterocycles. The van der Waals surface area contributed by atoms with Gasteiger partial charge in [-0.05, 0) is 30.5 Å². The molecule has 1 unspecified atom stereocenters. The molecule has 0 heterocycles. The number of hydrogen-bond acceptors (Lipinski definition) is 1. The third-order valence-corrected chi connectivity index (χ3v) is 2.61. The summed E-state index contributed by atoms with van der Waals surface area (Å²) in [5.41, 5.74) is 1.16. The number of terminal acetylenes is 1. The lowest BCUT2D eigenvalue weighted by Crippen LogP contribution is -2.36. The molecule has 0 saturated heterocycles. The van der Waals surface area contributed by atoms with Gasteiger partial charge in [-0.1, -0.05) is 36.3 Å². The minimum absolute atomic E-state index is 0.00319. The lowest BCUT2D eigenvalue weighted by molar-refractivity contribution is 0.211. The van der Waals surface area contributed by atoms with E-state index in [1.807, 2.05) is 37.3 Å². The standard InChI is InChI=1S/C13H14ClNO/c1-3-9-15(13(14)16)11(2)10-12-7-5-4-6-8-12/h1,4-8,11H,9-10H2,2H3. The molecule has 84 valence electrons. The van der Waals surface area contributed by atoms with Gasteiger partial charge in [0.05, 0.1) is 6.54 Å². The first kappa shape index (κ1) is 12.6. The van der Waals surface area contributed by atoms with Crippen molar-refractivity contribution in [1.82, 2.24) is 4.90 Å². The summed E-state index contributed by atoms with van der Waals surface area (Å²) in [6.07, 6.45) is 5.95. The summed E-state index contributed by atoms with van der Waals surface area (Å²) in [5.74, 6) is 2.44. The van der Waals surface area contributed by atoms with E-state index in [0.29, 0.717) is 0 Å². The van der Waals surface area contributed by atoms with Crippen LogP contribution >= 0.6 is 11.6 Å². The van der Waals surface area contributed by atoms with Crippen LogP contribution in [0.2, 0.25) is 0 Å². The fraction of sp³-hybridized carbons (Fsp3) is 0.308. The van der Waals surface area contributed by atoms with E-state index in [4.69, 9.17) is 18.0 Å². The van der Waals surface area contributed by atoms with Crippen molar-refractivity contribution in [3.05, 3.63) is 35.9 Å². The number of rotatable bonds is 4. The molecular formula is C13H14ClNO. The minimum atomic E-state index is -0.499. The van der Waals surface area contributed by atoms with Crippen LogP contribution in [-0.4, -0.2) is 22.9 Å². The van der Waals surface area contributed by atoms with Crippen LogP contribution in [0.25, 0.3) is 0 Å². The van der Waals surface area contributed by atoms with Crippen LogP contribution in [0.5, 0.6) is 0 Å². The minimum Gasteiger partial charge on any atom is -0.315 e. The van der Waals surface area contributed by atoms with Gasteiger partial charge in [0.1, 0.15) is 0 Å². The van der Waals surface area contributed by atoms with Crippen molar-refractivity contribution in [2.75, 3.05) is 6.54 Å². The number of amides is 1. The second-order valence-corrected chi connectivity index (χ2v) is 3.95. The smallest absolute Gasteiger partial charge is 0.315 e. The number of benzene rings is 1. The first-order chi connectivity index (χ1) is 7.65. The Balaban J connectivity index is 2.66. The largest absolute Gasteiger partial charge is 0.317 e. The zero-order valence-corrected chi connectivity index (χ0v) is 9.95. The Hall–Kier alpha value is -1.46. The van der Waals surface area contributed by atoms with E-state index in [-0.39, 0.29) is 12.6 Å². The number of halogens is 1. The Bertz CT molecular complexity index is 383. The molecule has 0 N–H and O–H groups in total. The van der Waals surface area contributed by atoms with Gasteiger partial charge in [-0.2, -0.15) is 0 Å². The normalized spacial score (nSPS) is 11.6. The van der Waals surface area contributed by atoms with Crippen LogP contribution in [0.15, 0.2) is 30.3 Å². The molecule has 16 heavy (non-hydrogen) atoms. The summed E-state index contributed by atoms with van der Waals surface area (Å²) < 4.78 is 0. The van der Waals surface area contributed by atoms with E-state index in [0.717, 1.165) is 12.0 Å². The van der Waals surface area contributed by atoms with Gasteiger partial charge in [0.25, 0.3) is 0 Å². The van der Waals surface area contributed by atoms with Crippen LogP contribution in [-0.2, 0) is 6.42 Å². The number of hydrogen-bond donors (Lipinski definition) is 0. The molecular weight excluding hydrogens is 222 g/mol. The quantitative estimate of drug-likeness (QED) is 0.447. The average Bonchev–Trinajstić information content (AvgIpc) is 2.26. The van der Waals surface area contributed by atoms with Gasteiger partial charge >= 0.3 is 5.37 Å². The van der Waals surface area contributed by atoms with Crippen LogP contribution in [0.3, 0.4) is 0 Å². The van der Waals surface area contributed by atoms with Crippen molar-refractivity contribution in [2.24, 2.45) is 0 Å². The molecule has 0 aliphatic rings. The second kappa shape index (κ2) is 6.19. The first-order valence-electron chi connectivity index (χ1n) is 5.08. The zero-order valence-electron chi connectivity index (χ0n) is 9.19. The van der Waals surface area contributed by atoms with Gasteiger partial charge in [-0.25, -0.2) is 0 Å². The Kier molecular flexibility index (Phi) is 4.88. The van der Waals surface area contributed by atoms with Gasteiger partial charge in [-0.3, -0.25) is 4.79 Å². The van der Waals surface area contributed by atoms with Gasteiger partial charge in [0, 0.05) is 6.04 Å². The number of carbonyl (C=O) groups excluding carboxylic acids is 1. The lowest BCUT2D eigenvalue weighted by atomic mass is 10.1. The van der Waals surface area contributed by atoms with Gasteiger partial charge in [0.15, 0.2) is 0 Å². The molecule has 0 saturated carbocycles. The molecule has 3 heteroatoms. The molecule has 0 aliphatic carbocycles. The van der Waals surface area contributed by atoms with Crippen molar-refractivity contribution in [3.8, 4) is 12.3 Å². The molecule has 0 fully saturated rings. The fourth-order valence-corrected chi connectivity index (χ4v) is 1.78. The predicted molar refractivity (Wildman–Crippen MR) is 66.4 cm³/mol. The summed E-state index contributed by atoms with van der Waals surface area (Å²) in [7, 11) is 0. The zero-order chi connectivity index (χ0) is 12.0. The van der Waals surface area contributed by atoms with E-state index < -0.39 is 5.37 Å². The first-order valence-corrected chi connectivity index (χ1v) is 5.46. The molecule has 1 amide bonds. The topological polar surface area (TPSA) is 20.3 Å². The summed E-state index contributed by atoms with van der Waals surface area (Å²) in [5, 5.41) is -0.499. The highest BCUT2D eigenvalue weighted by molar-refractivity contribution is 6.62. The third-order valence-electron chi connectivity index (χ3n) is 2.39. The SMILES string of the molecule is C#CCN(C(=O)Cl)C(C)Cc1ccccc1. The highest BCUT2D eigenvalue weighted by Gasteiger charge is 2.17. The average molecular weight is 236 g/mol. The number of nitrogens with zero attached hydrogens (tertiary/aromatic N) is 1. The monoisotopic (exact) mass is 235 g/mol. The van der Waals surface area contributed by atoms with Crippen molar-refractivity contribution in [1.29, 1.82) is 0 Å². The molecule has 1 atom stereocenters. The van der Waals surface area contributed by atoms with E-state index in [1.165, 1.54) is 4.90 Å². The molecule has 0 bridgehead atoms. The number of carbonyl (C=O) groups is 1. The van der Waals surface area contributed by atoms with Gasteiger partial charge in [0.2, 0.25) is 0 Å².